The fourth-order valence-electron chi connectivity index (χ4n) is 3.72. The molecule has 0 bridgehead atoms. The molecule has 0 aliphatic carbocycles. The Kier molecular flexibility index (Phi) is 4.99. The van der Waals surface area contributed by atoms with Crippen LogP contribution in [-0.4, -0.2) is 30.0 Å². The van der Waals surface area contributed by atoms with Gasteiger partial charge in [-0.3, -0.25) is 9.78 Å². The highest BCUT2D eigenvalue weighted by atomic mass is 16.5. The van der Waals surface area contributed by atoms with Crippen LogP contribution in [0.15, 0.2) is 67.0 Å². The molecule has 1 amide bonds. The monoisotopic (exact) mass is 387 g/mol. The molecular weight excluding hydrogens is 366 g/mol. The molecule has 146 valence electrons. The Morgan fingerprint density at radius 1 is 1.10 bits per heavy atom. The number of hydrogen-bond acceptors (Lipinski definition) is 5. The molecule has 2 aromatic carbocycles. The molecule has 1 unspecified atom stereocenters. The van der Waals surface area contributed by atoms with Crippen molar-refractivity contribution in [1.29, 1.82) is 0 Å². The Hall–Kier alpha value is -3.67. The SMILES string of the molecule is COC(=O)c1ccccc1NC(=O)c1cncc(N2c3ccccc3CC2C)c1. The molecule has 1 aliphatic heterocycles. The zero-order valence-corrected chi connectivity index (χ0v) is 16.3. The molecule has 6 heteroatoms. The van der Waals surface area contributed by atoms with Gasteiger partial charge in [0.15, 0.2) is 0 Å². The molecule has 0 spiro atoms. The van der Waals surface area contributed by atoms with E-state index in [2.05, 4.69) is 34.3 Å². The predicted octanol–water partition coefficient (Wildman–Crippen LogP) is 4.20. The number of aromatic nitrogens is 1. The van der Waals surface area contributed by atoms with Gasteiger partial charge in [-0.1, -0.05) is 30.3 Å². The van der Waals surface area contributed by atoms with Crippen LogP contribution in [0.2, 0.25) is 0 Å². The molecular formula is C23H21N3O3. The lowest BCUT2D eigenvalue weighted by Gasteiger charge is -2.25. The second-order valence-electron chi connectivity index (χ2n) is 6.97. The van der Waals surface area contributed by atoms with Crippen LogP contribution in [0, 0.1) is 0 Å². The number of carbonyl (C=O) groups excluding carboxylic acids is 2. The van der Waals surface area contributed by atoms with Crippen molar-refractivity contribution < 1.29 is 14.3 Å². The average Bonchev–Trinajstić information content (AvgIpc) is 3.09. The van der Waals surface area contributed by atoms with Crippen LogP contribution in [0.1, 0.15) is 33.2 Å². The Balaban J connectivity index is 1.62. The van der Waals surface area contributed by atoms with Crippen molar-refractivity contribution in [3.05, 3.63) is 83.7 Å². The molecule has 0 saturated heterocycles. The fourth-order valence-corrected chi connectivity index (χ4v) is 3.72. The number of pyridine rings is 1. The molecule has 3 aromatic rings. The van der Waals surface area contributed by atoms with Crippen molar-refractivity contribution in [2.75, 3.05) is 17.3 Å². The summed E-state index contributed by atoms with van der Waals surface area (Å²) in [6, 6.07) is 17.1. The number of nitrogens with one attached hydrogen (secondary N) is 1. The molecule has 1 aromatic heterocycles. The second-order valence-corrected chi connectivity index (χ2v) is 6.97. The highest BCUT2D eigenvalue weighted by Crippen LogP contribution is 2.38. The number of nitrogens with zero attached hydrogens (tertiary/aromatic N) is 2. The summed E-state index contributed by atoms with van der Waals surface area (Å²) >= 11 is 0. The standard InChI is InChI=1S/C23H21N3O3/c1-15-11-16-7-3-6-10-21(16)26(15)18-12-17(13-24-14-18)22(27)25-20-9-5-4-8-19(20)23(28)29-2/h3-10,12-15H,11H2,1-2H3,(H,25,27). The smallest absolute Gasteiger partial charge is 0.339 e. The van der Waals surface area contributed by atoms with E-state index >= 15 is 0 Å². The number of anilines is 3. The van der Waals surface area contributed by atoms with Crippen molar-refractivity contribution in [2.45, 2.75) is 19.4 Å². The summed E-state index contributed by atoms with van der Waals surface area (Å²) < 4.78 is 4.79. The van der Waals surface area contributed by atoms with Gasteiger partial charge in [-0.15, -0.1) is 0 Å². The van der Waals surface area contributed by atoms with E-state index < -0.39 is 5.97 Å². The van der Waals surface area contributed by atoms with Gasteiger partial charge < -0.3 is 15.0 Å². The molecule has 1 N–H and O–H groups in total. The van der Waals surface area contributed by atoms with Crippen LogP contribution < -0.4 is 10.2 Å². The minimum atomic E-state index is -0.504. The van der Waals surface area contributed by atoms with Crippen molar-refractivity contribution >= 4 is 28.9 Å². The summed E-state index contributed by atoms with van der Waals surface area (Å²) in [5.74, 6) is -0.842. The number of methoxy groups -OCH3 is 1. The summed E-state index contributed by atoms with van der Waals surface area (Å²) in [6.07, 6.45) is 4.23. The average molecular weight is 387 g/mol. The van der Waals surface area contributed by atoms with Crippen LogP contribution in [0.5, 0.6) is 0 Å². The number of para-hydroxylation sites is 2. The van der Waals surface area contributed by atoms with Gasteiger partial charge in [0.2, 0.25) is 0 Å². The van der Waals surface area contributed by atoms with E-state index in [4.69, 9.17) is 4.74 Å². The van der Waals surface area contributed by atoms with Gasteiger partial charge in [-0.25, -0.2) is 4.79 Å². The normalized spacial score (nSPS) is 15.0. The molecule has 0 radical (unpaired) electrons. The Morgan fingerprint density at radius 3 is 2.69 bits per heavy atom. The molecule has 2 heterocycles. The maximum absolute atomic E-state index is 12.8. The highest BCUT2D eigenvalue weighted by molar-refractivity contribution is 6.08. The van der Waals surface area contributed by atoms with Crippen molar-refractivity contribution in [3.8, 4) is 0 Å². The topological polar surface area (TPSA) is 71.5 Å². The third-order valence-corrected chi connectivity index (χ3v) is 5.05. The Morgan fingerprint density at radius 2 is 1.86 bits per heavy atom. The maximum Gasteiger partial charge on any atom is 0.339 e. The molecule has 29 heavy (non-hydrogen) atoms. The summed E-state index contributed by atoms with van der Waals surface area (Å²) in [7, 11) is 1.31. The molecule has 0 fully saturated rings. The van der Waals surface area contributed by atoms with E-state index in [1.807, 2.05) is 18.2 Å². The highest BCUT2D eigenvalue weighted by Gasteiger charge is 2.27. The van der Waals surface area contributed by atoms with Gasteiger partial charge in [0.05, 0.1) is 35.8 Å². The van der Waals surface area contributed by atoms with Crippen molar-refractivity contribution in [2.24, 2.45) is 0 Å². The van der Waals surface area contributed by atoms with E-state index in [1.54, 1.807) is 30.5 Å². The summed E-state index contributed by atoms with van der Waals surface area (Å²) in [5.41, 5.74) is 4.39. The number of rotatable bonds is 4. The number of amides is 1. The molecule has 1 atom stereocenters. The lowest BCUT2D eigenvalue weighted by Crippen LogP contribution is -2.24. The van der Waals surface area contributed by atoms with Gasteiger partial charge in [-0.2, -0.15) is 0 Å². The van der Waals surface area contributed by atoms with Crippen molar-refractivity contribution in [3.63, 3.8) is 0 Å². The largest absolute Gasteiger partial charge is 0.465 e. The van der Waals surface area contributed by atoms with Crippen LogP contribution in [0.25, 0.3) is 0 Å². The third-order valence-electron chi connectivity index (χ3n) is 5.05. The van der Waals surface area contributed by atoms with Gasteiger partial charge in [0.1, 0.15) is 0 Å². The summed E-state index contributed by atoms with van der Waals surface area (Å²) in [6.45, 7) is 2.15. The van der Waals surface area contributed by atoms with Crippen molar-refractivity contribution in [1.82, 2.24) is 4.98 Å². The van der Waals surface area contributed by atoms with E-state index in [-0.39, 0.29) is 11.9 Å². The van der Waals surface area contributed by atoms with E-state index in [1.165, 1.54) is 18.9 Å². The maximum atomic E-state index is 12.8. The number of carbonyl (C=O) groups is 2. The number of benzene rings is 2. The van der Waals surface area contributed by atoms with E-state index in [9.17, 15) is 9.59 Å². The molecule has 6 nitrogen and oxygen atoms in total. The Bertz CT molecular complexity index is 1080. The lowest BCUT2D eigenvalue weighted by atomic mass is 10.1. The van der Waals surface area contributed by atoms with Crippen LogP contribution in [0.4, 0.5) is 17.1 Å². The van der Waals surface area contributed by atoms with E-state index in [0.717, 1.165) is 17.8 Å². The quantitative estimate of drug-likeness (QED) is 0.679. The number of ether oxygens (including phenoxy) is 1. The van der Waals surface area contributed by atoms with Crippen LogP contribution in [0.3, 0.4) is 0 Å². The lowest BCUT2D eigenvalue weighted by molar-refractivity contribution is 0.0602. The fraction of sp³-hybridized carbons (Fsp3) is 0.174. The van der Waals surface area contributed by atoms with Gasteiger partial charge in [0, 0.05) is 17.9 Å². The zero-order chi connectivity index (χ0) is 20.4. The van der Waals surface area contributed by atoms with Gasteiger partial charge in [0.25, 0.3) is 5.91 Å². The summed E-state index contributed by atoms with van der Waals surface area (Å²) in [4.78, 5) is 31.3. The molecule has 1 aliphatic rings. The molecule has 0 saturated carbocycles. The van der Waals surface area contributed by atoms with Gasteiger partial charge >= 0.3 is 5.97 Å². The molecule has 4 rings (SSSR count). The third kappa shape index (κ3) is 3.57. The van der Waals surface area contributed by atoms with Crippen LogP contribution >= 0.6 is 0 Å². The Labute approximate surface area is 169 Å². The van der Waals surface area contributed by atoms with E-state index in [0.29, 0.717) is 16.8 Å². The zero-order valence-electron chi connectivity index (χ0n) is 16.3. The van der Waals surface area contributed by atoms with Gasteiger partial charge in [-0.05, 0) is 43.2 Å². The first kappa shape index (κ1) is 18.7. The summed E-state index contributed by atoms with van der Waals surface area (Å²) in [5, 5.41) is 2.79. The van der Waals surface area contributed by atoms with Crippen LogP contribution in [-0.2, 0) is 11.2 Å². The minimum Gasteiger partial charge on any atom is -0.465 e. The first-order chi connectivity index (χ1) is 14.1. The minimum absolute atomic E-state index is 0.271. The first-order valence-electron chi connectivity index (χ1n) is 9.39. The number of fused-ring (bicyclic) bond motifs is 1. The second kappa shape index (κ2) is 7.75. The first-order valence-corrected chi connectivity index (χ1v) is 9.39. The number of esters is 1. The number of hydrogen-bond donors (Lipinski definition) is 1. The predicted molar refractivity (Wildman–Crippen MR) is 112 cm³/mol.